The minimum Gasteiger partial charge on any atom is -0.357 e. The number of nitrogens with two attached hydrogens (primary N) is 1. The number of H-pyrrole nitrogens is 2. The Kier molecular flexibility index (Phi) is 5.39. The third-order valence-corrected chi connectivity index (χ3v) is 6.81. The molecule has 3 aromatic heterocycles. The van der Waals surface area contributed by atoms with Crippen LogP contribution in [0.15, 0.2) is 59.5 Å². The average molecular weight is 453 g/mol. The van der Waals surface area contributed by atoms with E-state index in [1.807, 2.05) is 49.4 Å². The molecule has 7 nitrogen and oxygen atoms in total. The van der Waals surface area contributed by atoms with Crippen LogP contribution in [-0.4, -0.2) is 25.6 Å². The zero-order valence-electron chi connectivity index (χ0n) is 19.6. The number of hydrogen-bond donors (Lipinski definition) is 3. The minimum atomic E-state index is -0.335. The van der Waals surface area contributed by atoms with E-state index in [-0.39, 0.29) is 11.4 Å². The maximum atomic E-state index is 13.3. The van der Waals surface area contributed by atoms with Crippen LogP contribution in [0.1, 0.15) is 25.2 Å². The van der Waals surface area contributed by atoms with Crippen LogP contribution in [0.4, 0.5) is 0 Å². The number of benzene rings is 2. The standard InChI is InChI=1S/C27H28N6O/c1-16(2)18(12-28)14-32-15-21(19-8-5-7-11-24(19)32)26-23(13-29)31-27(34)33(26)25-17(3)30-22-10-6-4-9-20(22)25/h4-11,15-16,18,30H,12,14,28H2,1-3H3,(H,31,34). The summed E-state index contributed by atoms with van der Waals surface area (Å²) in [6.45, 7) is 7.66. The number of aromatic nitrogens is 4. The Labute approximate surface area is 197 Å². The Balaban J connectivity index is 1.81. The molecule has 0 aliphatic heterocycles. The van der Waals surface area contributed by atoms with Gasteiger partial charge in [0.25, 0.3) is 0 Å². The summed E-state index contributed by atoms with van der Waals surface area (Å²) in [5, 5.41) is 11.9. The van der Waals surface area contributed by atoms with Gasteiger partial charge in [0.05, 0.1) is 11.4 Å². The smallest absolute Gasteiger partial charge is 0.331 e. The number of rotatable bonds is 6. The Bertz CT molecular complexity index is 1600. The van der Waals surface area contributed by atoms with E-state index in [1.165, 1.54) is 0 Å². The minimum absolute atomic E-state index is 0.247. The Hall–Kier alpha value is -4.02. The van der Waals surface area contributed by atoms with Crippen LogP contribution in [0.2, 0.25) is 0 Å². The van der Waals surface area contributed by atoms with E-state index < -0.39 is 0 Å². The fourth-order valence-corrected chi connectivity index (χ4v) is 4.93. The van der Waals surface area contributed by atoms with E-state index in [9.17, 15) is 10.1 Å². The van der Waals surface area contributed by atoms with Crippen molar-refractivity contribution in [3.05, 3.63) is 76.6 Å². The zero-order valence-corrected chi connectivity index (χ0v) is 19.6. The Morgan fingerprint density at radius 3 is 2.47 bits per heavy atom. The highest BCUT2D eigenvalue weighted by molar-refractivity contribution is 5.98. The van der Waals surface area contributed by atoms with Gasteiger partial charge in [0, 0.05) is 45.8 Å². The number of nitrogens with one attached hydrogen (secondary N) is 2. The molecule has 5 rings (SSSR count). The lowest BCUT2D eigenvalue weighted by molar-refractivity contribution is 0.348. The van der Waals surface area contributed by atoms with E-state index in [0.29, 0.717) is 24.1 Å². The SMILES string of the molecule is Cc1[nH]c2ccccc2c1-n1c(-c2cn(CC(CN)C(C)C)c3ccccc23)c(C#N)[nH]c1=O. The molecule has 0 saturated heterocycles. The van der Waals surface area contributed by atoms with Gasteiger partial charge < -0.3 is 15.3 Å². The van der Waals surface area contributed by atoms with Gasteiger partial charge in [-0.15, -0.1) is 0 Å². The number of hydrogen-bond acceptors (Lipinski definition) is 3. The number of fused-ring (bicyclic) bond motifs is 2. The van der Waals surface area contributed by atoms with Crippen LogP contribution in [0.3, 0.4) is 0 Å². The summed E-state index contributed by atoms with van der Waals surface area (Å²) in [4.78, 5) is 19.4. The van der Waals surface area contributed by atoms with Gasteiger partial charge in [-0.05, 0) is 37.4 Å². The molecule has 0 bridgehead atoms. The van der Waals surface area contributed by atoms with Gasteiger partial charge in [0.1, 0.15) is 11.8 Å². The first-order valence-electron chi connectivity index (χ1n) is 11.6. The summed E-state index contributed by atoms with van der Waals surface area (Å²) in [6, 6.07) is 18.2. The van der Waals surface area contributed by atoms with Gasteiger partial charge >= 0.3 is 5.69 Å². The summed E-state index contributed by atoms with van der Waals surface area (Å²) in [7, 11) is 0. The Morgan fingerprint density at radius 1 is 1.06 bits per heavy atom. The van der Waals surface area contributed by atoms with Crippen LogP contribution >= 0.6 is 0 Å². The van der Waals surface area contributed by atoms with E-state index in [4.69, 9.17) is 5.73 Å². The second-order valence-corrected chi connectivity index (χ2v) is 9.20. The molecule has 0 saturated carbocycles. The number of aromatic amines is 2. The number of imidazole rings is 1. The topological polar surface area (TPSA) is 108 Å². The van der Waals surface area contributed by atoms with Crippen LogP contribution in [0.5, 0.6) is 0 Å². The number of nitriles is 1. The van der Waals surface area contributed by atoms with Crippen molar-refractivity contribution in [2.75, 3.05) is 6.54 Å². The van der Waals surface area contributed by atoms with Crippen molar-refractivity contribution in [1.82, 2.24) is 19.1 Å². The Morgan fingerprint density at radius 2 is 1.76 bits per heavy atom. The molecule has 0 aliphatic carbocycles. The molecular formula is C27H28N6O. The molecule has 7 heteroatoms. The molecule has 34 heavy (non-hydrogen) atoms. The normalized spacial score (nSPS) is 12.6. The molecular weight excluding hydrogens is 424 g/mol. The molecule has 0 aliphatic rings. The lowest BCUT2D eigenvalue weighted by Gasteiger charge is -2.20. The van der Waals surface area contributed by atoms with E-state index in [2.05, 4.69) is 46.7 Å². The van der Waals surface area contributed by atoms with Crippen LogP contribution < -0.4 is 11.4 Å². The van der Waals surface area contributed by atoms with Gasteiger partial charge in [-0.25, -0.2) is 4.79 Å². The van der Waals surface area contributed by atoms with Crippen molar-refractivity contribution in [2.45, 2.75) is 27.3 Å². The highest BCUT2D eigenvalue weighted by Crippen LogP contribution is 2.36. The lowest BCUT2D eigenvalue weighted by Crippen LogP contribution is -2.24. The van der Waals surface area contributed by atoms with Crippen molar-refractivity contribution in [3.63, 3.8) is 0 Å². The molecule has 5 aromatic rings. The second kappa shape index (κ2) is 8.40. The predicted octanol–water partition coefficient (Wildman–Crippen LogP) is 4.68. The molecule has 2 aromatic carbocycles. The fourth-order valence-electron chi connectivity index (χ4n) is 4.93. The summed E-state index contributed by atoms with van der Waals surface area (Å²) >= 11 is 0. The van der Waals surface area contributed by atoms with Crippen LogP contribution in [0, 0.1) is 30.1 Å². The first kappa shape index (κ1) is 21.8. The highest BCUT2D eigenvalue weighted by Gasteiger charge is 2.25. The first-order chi connectivity index (χ1) is 16.4. The third kappa shape index (κ3) is 3.35. The van der Waals surface area contributed by atoms with Gasteiger partial charge in [-0.2, -0.15) is 5.26 Å². The van der Waals surface area contributed by atoms with Gasteiger partial charge in [0.15, 0.2) is 0 Å². The van der Waals surface area contributed by atoms with Crippen molar-refractivity contribution >= 4 is 21.8 Å². The molecule has 3 heterocycles. The van der Waals surface area contributed by atoms with Crippen molar-refractivity contribution in [1.29, 1.82) is 5.26 Å². The largest absolute Gasteiger partial charge is 0.357 e. The molecule has 172 valence electrons. The molecule has 4 N–H and O–H groups in total. The maximum Gasteiger partial charge on any atom is 0.331 e. The van der Waals surface area contributed by atoms with E-state index >= 15 is 0 Å². The average Bonchev–Trinajstić information content (AvgIpc) is 3.46. The van der Waals surface area contributed by atoms with Crippen molar-refractivity contribution in [2.24, 2.45) is 17.6 Å². The molecule has 1 atom stereocenters. The van der Waals surface area contributed by atoms with Crippen molar-refractivity contribution < 1.29 is 0 Å². The molecule has 0 amide bonds. The fraction of sp³-hybridized carbons (Fsp3) is 0.259. The predicted molar refractivity (Wildman–Crippen MR) is 136 cm³/mol. The summed E-state index contributed by atoms with van der Waals surface area (Å²) in [5.74, 6) is 0.743. The lowest BCUT2D eigenvalue weighted by atomic mass is 9.96. The molecule has 0 fully saturated rings. The van der Waals surface area contributed by atoms with E-state index in [0.717, 1.165) is 45.3 Å². The van der Waals surface area contributed by atoms with E-state index in [1.54, 1.807) is 4.57 Å². The number of nitrogens with zero attached hydrogens (tertiary/aromatic N) is 3. The van der Waals surface area contributed by atoms with Gasteiger partial charge in [0.2, 0.25) is 0 Å². The number of para-hydroxylation sites is 2. The molecule has 1 unspecified atom stereocenters. The van der Waals surface area contributed by atoms with Crippen molar-refractivity contribution in [3.8, 4) is 23.0 Å². The first-order valence-corrected chi connectivity index (χ1v) is 11.6. The van der Waals surface area contributed by atoms with Crippen LogP contribution in [0.25, 0.3) is 38.8 Å². The summed E-state index contributed by atoms with van der Waals surface area (Å²) in [5.41, 5.74) is 11.0. The summed E-state index contributed by atoms with van der Waals surface area (Å²) in [6.07, 6.45) is 2.06. The highest BCUT2D eigenvalue weighted by atomic mass is 16.1. The third-order valence-electron chi connectivity index (χ3n) is 6.81. The molecule has 0 spiro atoms. The quantitative estimate of drug-likeness (QED) is 0.348. The molecule has 0 radical (unpaired) electrons. The monoisotopic (exact) mass is 452 g/mol. The maximum absolute atomic E-state index is 13.3. The van der Waals surface area contributed by atoms with Gasteiger partial charge in [-0.3, -0.25) is 9.55 Å². The second-order valence-electron chi connectivity index (χ2n) is 9.20. The number of aryl methyl sites for hydroxylation is 1. The van der Waals surface area contributed by atoms with Gasteiger partial charge in [-0.1, -0.05) is 50.2 Å². The van der Waals surface area contributed by atoms with Crippen LogP contribution in [-0.2, 0) is 6.54 Å². The summed E-state index contributed by atoms with van der Waals surface area (Å²) < 4.78 is 3.84. The zero-order chi connectivity index (χ0) is 24.0.